The van der Waals surface area contributed by atoms with Gasteiger partial charge in [-0.1, -0.05) is 24.3 Å². The molecule has 0 heterocycles. The fourth-order valence-electron chi connectivity index (χ4n) is 1.11. The van der Waals surface area contributed by atoms with Crippen LogP contribution in [0, 0.1) is 0 Å². The molecule has 0 bridgehead atoms. The van der Waals surface area contributed by atoms with E-state index in [1.54, 1.807) is 0 Å². The summed E-state index contributed by atoms with van der Waals surface area (Å²) in [6, 6.07) is 5.83. The fraction of sp³-hybridized carbons (Fsp3) is 0.200. The third-order valence-electron chi connectivity index (χ3n) is 2.00. The van der Waals surface area contributed by atoms with Crippen LogP contribution < -0.4 is 5.73 Å². The first-order valence-electron chi connectivity index (χ1n) is 4.27. The van der Waals surface area contributed by atoms with Crippen LogP contribution in [0.5, 0.6) is 0 Å². The number of benzene rings is 1. The highest BCUT2D eigenvalue weighted by Gasteiger charge is 2.22. The first kappa shape index (κ1) is 11.4. The lowest BCUT2D eigenvalue weighted by Crippen LogP contribution is -2.33. The van der Waals surface area contributed by atoms with Crippen LogP contribution in [0.3, 0.4) is 0 Å². The average molecular weight is 209 g/mol. The highest BCUT2D eigenvalue weighted by molar-refractivity contribution is 5.79. The van der Waals surface area contributed by atoms with Gasteiger partial charge in [0.2, 0.25) is 5.91 Å². The van der Waals surface area contributed by atoms with Crippen molar-refractivity contribution in [2.24, 2.45) is 5.73 Å². The first-order valence-corrected chi connectivity index (χ1v) is 4.27. The number of aliphatic hydroxyl groups excluding tert-OH is 2. The Morgan fingerprint density at radius 3 is 2.20 bits per heavy atom. The third kappa shape index (κ3) is 2.61. The number of rotatable bonds is 4. The second-order valence-corrected chi connectivity index (χ2v) is 3.08. The maximum atomic E-state index is 10.6. The minimum Gasteiger partial charge on any atom is -0.385 e. The Labute approximate surface area is 86.1 Å². The molecule has 4 N–H and O–H groups in total. The van der Waals surface area contributed by atoms with Gasteiger partial charge in [0.15, 0.2) is 6.10 Å². The summed E-state index contributed by atoms with van der Waals surface area (Å²) in [7, 11) is 0. The summed E-state index contributed by atoms with van der Waals surface area (Å²) >= 11 is 0. The van der Waals surface area contributed by atoms with Crippen molar-refractivity contribution >= 4 is 12.2 Å². The van der Waals surface area contributed by atoms with Gasteiger partial charge < -0.3 is 15.9 Å². The molecule has 0 fully saturated rings. The second kappa shape index (κ2) is 4.68. The van der Waals surface area contributed by atoms with E-state index in [2.05, 4.69) is 0 Å². The summed E-state index contributed by atoms with van der Waals surface area (Å²) in [5.74, 6) is -0.998. The monoisotopic (exact) mass is 209 g/mol. The predicted molar refractivity (Wildman–Crippen MR) is 52.0 cm³/mol. The largest absolute Gasteiger partial charge is 0.385 e. The van der Waals surface area contributed by atoms with Crippen LogP contribution in [0.2, 0.25) is 0 Å². The number of aliphatic hydroxyl groups is 2. The molecule has 1 aromatic carbocycles. The number of nitrogens with two attached hydrogens (primary N) is 1. The highest BCUT2D eigenvalue weighted by atomic mass is 16.3. The zero-order valence-electron chi connectivity index (χ0n) is 7.83. The molecule has 0 saturated carbocycles. The van der Waals surface area contributed by atoms with Gasteiger partial charge in [-0.3, -0.25) is 9.59 Å². The van der Waals surface area contributed by atoms with E-state index in [0.717, 1.165) is 0 Å². The number of primary amides is 1. The zero-order valence-corrected chi connectivity index (χ0v) is 7.83. The van der Waals surface area contributed by atoms with Crippen molar-refractivity contribution in [3.63, 3.8) is 0 Å². The standard InChI is InChI=1S/C10H11NO4/c11-10(15)9(14)8(13)7-3-1-6(5-12)2-4-7/h1-5,8-9,13-14H,(H2,11,15). The number of hydrogen-bond donors (Lipinski definition) is 3. The Balaban J connectivity index is 2.86. The van der Waals surface area contributed by atoms with Gasteiger partial charge in [-0.2, -0.15) is 0 Å². The Hall–Kier alpha value is -1.72. The molecule has 2 atom stereocenters. The van der Waals surface area contributed by atoms with Crippen LogP contribution in [0.1, 0.15) is 22.0 Å². The molecule has 1 aromatic rings. The minimum atomic E-state index is -1.65. The molecule has 0 aromatic heterocycles. The van der Waals surface area contributed by atoms with E-state index in [0.29, 0.717) is 17.4 Å². The van der Waals surface area contributed by atoms with E-state index < -0.39 is 18.1 Å². The molecule has 5 heteroatoms. The second-order valence-electron chi connectivity index (χ2n) is 3.08. The maximum Gasteiger partial charge on any atom is 0.249 e. The maximum absolute atomic E-state index is 10.6. The molecule has 0 spiro atoms. The number of carbonyl (C=O) groups is 2. The van der Waals surface area contributed by atoms with E-state index in [1.165, 1.54) is 24.3 Å². The quantitative estimate of drug-likeness (QED) is 0.575. The summed E-state index contributed by atoms with van der Waals surface area (Å²) in [4.78, 5) is 20.9. The van der Waals surface area contributed by atoms with Crippen molar-refractivity contribution in [1.29, 1.82) is 0 Å². The van der Waals surface area contributed by atoms with Crippen LogP contribution in [0.25, 0.3) is 0 Å². The molecular formula is C10H11NO4. The number of aldehydes is 1. The molecule has 0 aliphatic carbocycles. The van der Waals surface area contributed by atoms with Crippen molar-refractivity contribution in [2.75, 3.05) is 0 Å². The van der Waals surface area contributed by atoms with Crippen molar-refractivity contribution in [1.82, 2.24) is 0 Å². The Morgan fingerprint density at radius 1 is 1.27 bits per heavy atom. The Morgan fingerprint density at radius 2 is 1.80 bits per heavy atom. The third-order valence-corrected chi connectivity index (χ3v) is 2.00. The average Bonchev–Trinajstić information content (AvgIpc) is 2.27. The van der Waals surface area contributed by atoms with E-state index in [9.17, 15) is 19.8 Å². The van der Waals surface area contributed by atoms with Crippen molar-refractivity contribution in [3.8, 4) is 0 Å². The zero-order chi connectivity index (χ0) is 11.4. The lowest BCUT2D eigenvalue weighted by molar-refractivity contribution is -0.131. The fourth-order valence-corrected chi connectivity index (χ4v) is 1.11. The molecular weight excluding hydrogens is 198 g/mol. The lowest BCUT2D eigenvalue weighted by Gasteiger charge is -2.14. The molecule has 5 nitrogen and oxygen atoms in total. The molecule has 1 amide bonds. The minimum absolute atomic E-state index is 0.326. The first-order chi connectivity index (χ1) is 7.06. The lowest BCUT2D eigenvalue weighted by atomic mass is 10.0. The molecule has 0 saturated heterocycles. The molecule has 1 rings (SSSR count). The smallest absolute Gasteiger partial charge is 0.249 e. The molecule has 0 radical (unpaired) electrons. The van der Waals surface area contributed by atoms with Gasteiger partial charge in [0.25, 0.3) is 0 Å². The number of carbonyl (C=O) groups excluding carboxylic acids is 2. The number of amides is 1. The van der Waals surface area contributed by atoms with Crippen LogP contribution >= 0.6 is 0 Å². The van der Waals surface area contributed by atoms with E-state index in [1.807, 2.05) is 0 Å². The van der Waals surface area contributed by atoms with Crippen LogP contribution in [-0.2, 0) is 4.79 Å². The van der Waals surface area contributed by atoms with Gasteiger partial charge in [-0.25, -0.2) is 0 Å². The molecule has 80 valence electrons. The van der Waals surface area contributed by atoms with Gasteiger partial charge in [0, 0.05) is 5.56 Å². The predicted octanol–water partition coefficient (Wildman–Crippen LogP) is -0.621. The summed E-state index contributed by atoms with van der Waals surface area (Å²) in [5.41, 5.74) is 5.60. The summed E-state index contributed by atoms with van der Waals surface area (Å²) in [6.45, 7) is 0. The van der Waals surface area contributed by atoms with Crippen molar-refractivity contribution in [3.05, 3.63) is 35.4 Å². The topological polar surface area (TPSA) is 101 Å². The van der Waals surface area contributed by atoms with Gasteiger partial charge in [0.1, 0.15) is 12.4 Å². The van der Waals surface area contributed by atoms with Crippen molar-refractivity contribution < 1.29 is 19.8 Å². The van der Waals surface area contributed by atoms with Crippen LogP contribution in [0.4, 0.5) is 0 Å². The van der Waals surface area contributed by atoms with Crippen LogP contribution in [0.15, 0.2) is 24.3 Å². The summed E-state index contributed by atoms with van der Waals surface area (Å²) in [5, 5.41) is 18.7. The molecule has 0 aliphatic heterocycles. The van der Waals surface area contributed by atoms with Gasteiger partial charge in [-0.15, -0.1) is 0 Å². The van der Waals surface area contributed by atoms with Crippen LogP contribution in [-0.4, -0.2) is 28.5 Å². The normalized spacial score (nSPS) is 14.3. The van der Waals surface area contributed by atoms with E-state index in [-0.39, 0.29) is 0 Å². The Bertz CT molecular complexity index is 360. The highest BCUT2D eigenvalue weighted by Crippen LogP contribution is 2.16. The van der Waals surface area contributed by atoms with E-state index >= 15 is 0 Å². The van der Waals surface area contributed by atoms with Gasteiger partial charge in [0.05, 0.1) is 0 Å². The Kier molecular flexibility index (Phi) is 3.54. The molecule has 2 unspecified atom stereocenters. The number of hydrogen-bond acceptors (Lipinski definition) is 4. The van der Waals surface area contributed by atoms with Gasteiger partial charge >= 0.3 is 0 Å². The van der Waals surface area contributed by atoms with Crippen molar-refractivity contribution in [2.45, 2.75) is 12.2 Å². The SMILES string of the molecule is NC(=O)C(O)C(O)c1ccc(C=O)cc1. The summed E-state index contributed by atoms with van der Waals surface area (Å²) in [6.07, 6.45) is -2.36. The molecule has 15 heavy (non-hydrogen) atoms. The summed E-state index contributed by atoms with van der Waals surface area (Å²) < 4.78 is 0. The van der Waals surface area contributed by atoms with Gasteiger partial charge in [-0.05, 0) is 5.56 Å². The van der Waals surface area contributed by atoms with E-state index in [4.69, 9.17) is 5.73 Å². The molecule has 0 aliphatic rings.